The highest BCUT2D eigenvalue weighted by Crippen LogP contribution is 2.25. The van der Waals surface area contributed by atoms with E-state index in [0.29, 0.717) is 5.65 Å². The molecule has 0 amide bonds. The second kappa shape index (κ2) is 4.71. The van der Waals surface area contributed by atoms with Gasteiger partial charge in [0.1, 0.15) is 0 Å². The van der Waals surface area contributed by atoms with Gasteiger partial charge in [-0.1, -0.05) is 18.2 Å². The molecule has 0 unspecified atom stereocenters. The molecule has 2 heterocycles. The van der Waals surface area contributed by atoms with Gasteiger partial charge in [-0.05, 0) is 47.1 Å². The van der Waals surface area contributed by atoms with E-state index in [-0.39, 0.29) is 4.90 Å². The third kappa shape index (κ3) is 2.05. The largest absolute Gasteiger partial charge is 0.269 e. The van der Waals surface area contributed by atoms with Crippen molar-refractivity contribution in [3.05, 3.63) is 58.8 Å². The molecule has 3 rings (SSSR count). The topological polar surface area (TPSA) is 52.0 Å². The Bertz CT molecular complexity index is 886. The molecule has 4 nitrogen and oxygen atoms in total. The van der Waals surface area contributed by atoms with Crippen LogP contribution in [-0.2, 0) is 10.0 Å². The molecule has 6 heteroatoms. The summed E-state index contributed by atoms with van der Waals surface area (Å²) in [7, 11) is -3.61. The molecule has 2 aromatic heterocycles. The Morgan fingerprint density at radius 3 is 2.55 bits per heavy atom. The summed E-state index contributed by atoms with van der Waals surface area (Å²) in [6, 6.07) is 12.0. The zero-order chi connectivity index (χ0) is 14.3. The zero-order valence-electron chi connectivity index (χ0n) is 10.6. The van der Waals surface area contributed by atoms with Gasteiger partial charge >= 0.3 is 0 Å². The van der Waals surface area contributed by atoms with Crippen molar-refractivity contribution in [3.8, 4) is 0 Å². The molecule has 1 aromatic carbocycles. The number of nitrogens with zero attached hydrogens (tertiary/aromatic N) is 2. The molecule has 102 valence electrons. The summed E-state index contributed by atoms with van der Waals surface area (Å²) in [5, 5.41) is 0.780. The van der Waals surface area contributed by atoms with Gasteiger partial charge in [0.15, 0.2) is 5.65 Å². The van der Waals surface area contributed by atoms with Gasteiger partial charge in [0, 0.05) is 16.1 Å². The van der Waals surface area contributed by atoms with Crippen LogP contribution in [0.3, 0.4) is 0 Å². The van der Waals surface area contributed by atoms with Crippen LogP contribution < -0.4 is 0 Å². The van der Waals surface area contributed by atoms with Crippen LogP contribution in [-0.4, -0.2) is 17.4 Å². The molecular formula is C14H11BrN2O2S. The molecule has 0 atom stereocenters. The predicted molar refractivity (Wildman–Crippen MR) is 81.2 cm³/mol. The number of halogens is 1. The third-order valence-corrected chi connectivity index (χ3v) is 5.54. The molecule has 0 aliphatic heterocycles. The van der Waals surface area contributed by atoms with E-state index >= 15 is 0 Å². The van der Waals surface area contributed by atoms with Gasteiger partial charge < -0.3 is 0 Å². The second-order valence-electron chi connectivity index (χ2n) is 4.40. The monoisotopic (exact) mass is 350 g/mol. The zero-order valence-corrected chi connectivity index (χ0v) is 13.0. The number of benzene rings is 1. The number of hydrogen-bond acceptors (Lipinski definition) is 3. The molecule has 20 heavy (non-hydrogen) atoms. The van der Waals surface area contributed by atoms with Gasteiger partial charge in [0.25, 0.3) is 10.0 Å². The van der Waals surface area contributed by atoms with Gasteiger partial charge in [0.2, 0.25) is 0 Å². The summed E-state index contributed by atoms with van der Waals surface area (Å²) in [4.78, 5) is 4.61. The standard InChI is InChI=1S/C14H11BrN2O2S/c1-10-13(15)9-11-7-8-17(14(11)16-10)20(18,19)12-5-3-2-4-6-12/h2-9H,1H3. The summed E-state index contributed by atoms with van der Waals surface area (Å²) < 4.78 is 27.3. The number of rotatable bonds is 2. The first kappa shape index (κ1) is 13.3. The lowest BCUT2D eigenvalue weighted by Crippen LogP contribution is -2.12. The van der Waals surface area contributed by atoms with Gasteiger partial charge in [-0.2, -0.15) is 0 Å². The SMILES string of the molecule is Cc1nc2c(ccn2S(=O)(=O)c2ccccc2)cc1Br. The average Bonchev–Trinajstić information content (AvgIpc) is 2.84. The Morgan fingerprint density at radius 2 is 1.85 bits per heavy atom. The molecule has 3 aromatic rings. The summed E-state index contributed by atoms with van der Waals surface area (Å²) >= 11 is 3.40. The van der Waals surface area contributed by atoms with Crippen LogP contribution in [0.1, 0.15) is 5.69 Å². The van der Waals surface area contributed by atoms with Crippen LogP contribution in [0.5, 0.6) is 0 Å². The fourth-order valence-electron chi connectivity index (χ4n) is 2.00. The van der Waals surface area contributed by atoms with Crippen LogP contribution in [0.25, 0.3) is 11.0 Å². The highest BCUT2D eigenvalue weighted by atomic mass is 79.9. The molecule has 0 bridgehead atoms. The molecule has 0 radical (unpaired) electrons. The maximum Gasteiger partial charge on any atom is 0.269 e. The van der Waals surface area contributed by atoms with Gasteiger partial charge in [-0.3, -0.25) is 0 Å². The second-order valence-corrected chi connectivity index (χ2v) is 7.07. The lowest BCUT2D eigenvalue weighted by molar-refractivity contribution is 0.588. The van der Waals surface area contributed by atoms with Crippen molar-refractivity contribution in [2.75, 3.05) is 0 Å². The van der Waals surface area contributed by atoms with Crippen molar-refractivity contribution in [2.24, 2.45) is 0 Å². The third-order valence-electron chi connectivity index (χ3n) is 3.06. The number of fused-ring (bicyclic) bond motifs is 1. The van der Waals surface area contributed by atoms with Gasteiger partial charge in [-0.15, -0.1) is 0 Å². The normalized spacial score (nSPS) is 11.9. The van der Waals surface area contributed by atoms with Crippen molar-refractivity contribution in [1.82, 2.24) is 8.96 Å². The van der Waals surface area contributed by atoms with Crippen molar-refractivity contribution in [1.29, 1.82) is 0 Å². The minimum absolute atomic E-state index is 0.250. The minimum Gasteiger partial charge on any atom is -0.233 e. The van der Waals surface area contributed by atoms with Crippen molar-refractivity contribution in [2.45, 2.75) is 11.8 Å². The summed E-state index contributed by atoms with van der Waals surface area (Å²) in [5.74, 6) is 0. The molecule has 0 spiro atoms. The van der Waals surface area contributed by atoms with Crippen LogP contribution in [0.15, 0.2) is 58.0 Å². The molecular weight excluding hydrogens is 340 g/mol. The molecule has 0 saturated carbocycles. The number of aromatic nitrogens is 2. The summed E-state index contributed by atoms with van der Waals surface area (Å²) in [6.07, 6.45) is 1.53. The van der Waals surface area contributed by atoms with Crippen LogP contribution in [0.4, 0.5) is 0 Å². The smallest absolute Gasteiger partial charge is 0.233 e. The first-order chi connectivity index (χ1) is 9.50. The molecule has 0 aliphatic carbocycles. The average molecular weight is 351 g/mol. The van der Waals surface area contributed by atoms with E-state index in [4.69, 9.17) is 0 Å². The van der Waals surface area contributed by atoms with Crippen molar-refractivity contribution >= 4 is 37.0 Å². The van der Waals surface area contributed by atoms with E-state index in [1.54, 1.807) is 36.4 Å². The predicted octanol–water partition coefficient (Wildman–Crippen LogP) is 3.34. The van der Waals surface area contributed by atoms with E-state index in [1.807, 2.05) is 13.0 Å². The highest BCUT2D eigenvalue weighted by molar-refractivity contribution is 9.10. The Labute approximate surface area is 125 Å². The van der Waals surface area contributed by atoms with Crippen molar-refractivity contribution in [3.63, 3.8) is 0 Å². The number of pyridine rings is 1. The molecule has 0 N–H and O–H groups in total. The maximum absolute atomic E-state index is 12.6. The quantitative estimate of drug-likeness (QED) is 0.712. The Morgan fingerprint density at radius 1 is 1.15 bits per heavy atom. The van der Waals surface area contributed by atoms with Crippen LogP contribution in [0, 0.1) is 6.92 Å². The minimum atomic E-state index is -3.61. The van der Waals surface area contributed by atoms with E-state index in [9.17, 15) is 8.42 Å². The number of hydrogen-bond donors (Lipinski definition) is 0. The van der Waals surface area contributed by atoms with E-state index in [0.717, 1.165) is 15.6 Å². The Kier molecular flexibility index (Phi) is 3.14. The van der Waals surface area contributed by atoms with Gasteiger partial charge in [0.05, 0.1) is 10.6 Å². The molecule has 0 aliphatic rings. The fourth-order valence-corrected chi connectivity index (χ4v) is 3.66. The summed E-state index contributed by atoms with van der Waals surface area (Å²) in [5.41, 5.74) is 1.19. The Hall–Kier alpha value is -1.66. The maximum atomic E-state index is 12.6. The Balaban J connectivity index is 2.28. The first-order valence-electron chi connectivity index (χ1n) is 5.95. The number of aryl methyl sites for hydroxylation is 1. The van der Waals surface area contributed by atoms with E-state index in [2.05, 4.69) is 20.9 Å². The van der Waals surface area contributed by atoms with Crippen LogP contribution in [0.2, 0.25) is 0 Å². The first-order valence-corrected chi connectivity index (χ1v) is 8.18. The van der Waals surface area contributed by atoms with Gasteiger partial charge in [-0.25, -0.2) is 17.4 Å². The lowest BCUT2D eigenvalue weighted by atomic mass is 10.3. The van der Waals surface area contributed by atoms with Crippen LogP contribution >= 0.6 is 15.9 Å². The molecule has 0 saturated heterocycles. The highest BCUT2D eigenvalue weighted by Gasteiger charge is 2.19. The molecule has 0 fully saturated rings. The van der Waals surface area contributed by atoms with E-state index < -0.39 is 10.0 Å². The summed E-state index contributed by atoms with van der Waals surface area (Å²) in [6.45, 7) is 1.83. The fraction of sp³-hybridized carbons (Fsp3) is 0.0714. The van der Waals surface area contributed by atoms with E-state index in [1.165, 1.54) is 10.2 Å². The lowest BCUT2D eigenvalue weighted by Gasteiger charge is -2.07. The van der Waals surface area contributed by atoms with Crippen molar-refractivity contribution < 1.29 is 8.42 Å².